The van der Waals surface area contributed by atoms with E-state index in [9.17, 15) is 14.7 Å². The summed E-state index contributed by atoms with van der Waals surface area (Å²) in [6.07, 6.45) is 6.26. The van der Waals surface area contributed by atoms with Gasteiger partial charge in [-0.2, -0.15) is 0 Å². The summed E-state index contributed by atoms with van der Waals surface area (Å²) < 4.78 is 5.89. The second-order valence-corrected chi connectivity index (χ2v) is 11.3. The quantitative estimate of drug-likeness (QED) is 0.0827. The van der Waals surface area contributed by atoms with Gasteiger partial charge >= 0.3 is 57.4 Å². The molecule has 14 heteroatoms. The number of nitrogens with zero attached hydrogens (tertiary/aromatic N) is 1. The Labute approximate surface area is 310 Å². The van der Waals surface area contributed by atoms with Crippen LogP contribution in [-0.4, -0.2) is 38.7 Å². The average Bonchev–Trinajstić information content (AvgIpc) is 3.27. The number of carbonyl (C=O) groups excluding carboxylic acids is 1. The number of hydrogen-bond acceptors (Lipinski definition) is 7. The number of benzene rings is 2. The van der Waals surface area contributed by atoms with Crippen molar-refractivity contribution in [2.24, 2.45) is 5.84 Å². The molecule has 0 aliphatic carbocycles. The number of H-pyrrole nitrogens is 1. The number of aliphatic hydroxyl groups is 1. The maximum absolute atomic E-state index is 10.9. The van der Waals surface area contributed by atoms with Crippen molar-refractivity contribution in [2.45, 2.75) is 59.7 Å². The summed E-state index contributed by atoms with van der Waals surface area (Å²) in [7, 11) is 0. The minimum atomic E-state index is -0.750. The van der Waals surface area contributed by atoms with Crippen LogP contribution in [0.4, 0.5) is 5.69 Å². The van der Waals surface area contributed by atoms with Crippen LogP contribution in [0, 0.1) is 12.3 Å². The van der Waals surface area contributed by atoms with Crippen LogP contribution in [0.3, 0.4) is 0 Å². The number of anilines is 1. The Morgan fingerprint density at radius 1 is 1.02 bits per heavy atom. The largest absolute Gasteiger partial charge is 1.00 e. The molecule has 9 nitrogen and oxygen atoms in total. The number of nitrogen functional groups attached to an aromatic ring is 1. The van der Waals surface area contributed by atoms with Crippen LogP contribution in [0.15, 0.2) is 53.5 Å². The Balaban J connectivity index is -0.000000482. The van der Waals surface area contributed by atoms with Crippen molar-refractivity contribution < 1.29 is 71.1 Å². The molecule has 3 rings (SSSR count). The summed E-state index contributed by atoms with van der Waals surface area (Å²) in [6.45, 7) is 12.2. The van der Waals surface area contributed by atoms with Crippen LogP contribution in [-0.2, 0) is 9.53 Å². The van der Waals surface area contributed by atoms with E-state index in [1.807, 2.05) is 0 Å². The van der Waals surface area contributed by atoms with Crippen LogP contribution >= 0.6 is 46.4 Å². The van der Waals surface area contributed by atoms with Crippen molar-refractivity contribution in [2.75, 3.05) is 12.0 Å². The van der Waals surface area contributed by atoms with Crippen LogP contribution in [0.25, 0.3) is 5.69 Å². The zero-order valence-corrected chi connectivity index (χ0v) is 31.2. The summed E-state index contributed by atoms with van der Waals surface area (Å²) in [5, 5.41) is 23.2. The number of nitrogens with two attached hydrogens (primary N) is 1. The zero-order chi connectivity index (χ0) is 32.4. The molecule has 228 valence electrons. The standard InChI is InChI=1S/C9H6Cl2N2O.C6H6Cl2N2.C5H6O2.C4H10O.C4H9O.K/c10-7-2-1-6(5-8(7)11)13-4-3-9(14)12-13;7-5-2-1-4(10-9)3-6(5)8;1-3-5(6)7-4-2;2*1-4(2,3)5;/h1-5H,(H,12,14);1-3,10H,9H2;1H,4H2,2H3;5H,1-3H3;1-3H3;/q;;;;-1;+1. The average molecular weight is 691 g/mol. The first-order valence-corrected chi connectivity index (χ1v) is 13.4. The van der Waals surface area contributed by atoms with Crippen molar-refractivity contribution in [3.63, 3.8) is 0 Å². The maximum atomic E-state index is 10.9. The second kappa shape index (κ2) is 23.4. The first-order valence-electron chi connectivity index (χ1n) is 11.9. The van der Waals surface area contributed by atoms with Gasteiger partial charge in [0.05, 0.1) is 43.7 Å². The Morgan fingerprint density at radius 3 is 1.79 bits per heavy atom. The number of esters is 1. The summed E-state index contributed by atoms with van der Waals surface area (Å²) in [6, 6.07) is 11.6. The number of rotatable bonds is 3. The second-order valence-electron chi connectivity index (χ2n) is 9.68. The molecule has 0 aliphatic heterocycles. The van der Waals surface area contributed by atoms with Gasteiger partial charge in [-0.1, -0.05) is 67.2 Å². The van der Waals surface area contributed by atoms with Crippen LogP contribution in [0.1, 0.15) is 48.5 Å². The van der Waals surface area contributed by atoms with E-state index in [1.54, 1.807) is 102 Å². The molecule has 0 bridgehead atoms. The number of aromatic nitrogens is 2. The molecule has 0 spiro atoms. The van der Waals surface area contributed by atoms with E-state index in [0.717, 1.165) is 11.4 Å². The van der Waals surface area contributed by atoms with Crippen molar-refractivity contribution in [3.8, 4) is 18.0 Å². The van der Waals surface area contributed by atoms with Crippen molar-refractivity contribution in [1.82, 2.24) is 9.78 Å². The number of carbonyl (C=O) groups is 1. The molecule has 0 atom stereocenters. The van der Waals surface area contributed by atoms with Gasteiger partial charge in [-0.05, 0) is 64.1 Å². The van der Waals surface area contributed by atoms with E-state index in [-0.39, 0.29) is 56.9 Å². The number of terminal acetylenes is 1. The molecule has 5 N–H and O–H groups in total. The van der Waals surface area contributed by atoms with Gasteiger partial charge in [0.25, 0.3) is 5.56 Å². The number of halogens is 4. The SMILES string of the molecule is C#CC(=O)OCC.CC(C)(C)O.CC(C)(C)[O-].NNc1ccc(Cl)c(Cl)c1.O=c1ccn(-c2ccc(Cl)c(Cl)c2)[nH]1.[K+]. The molecule has 0 saturated carbocycles. The topological polar surface area (TPSA) is 145 Å². The van der Waals surface area contributed by atoms with Crippen molar-refractivity contribution in [3.05, 3.63) is 79.1 Å². The number of nitrogens with one attached hydrogen (secondary N) is 2. The fourth-order valence-corrected chi connectivity index (χ4v) is 2.47. The predicted octanol–water partition coefficient (Wildman–Crippen LogP) is 2.86. The first kappa shape index (κ1) is 45.4. The van der Waals surface area contributed by atoms with Gasteiger partial charge in [-0.3, -0.25) is 20.4 Å². The molecule has 42 heavy (non-hydrogen) atoms. The van der Waals surface area contributed by atoms with Crippen LogP contribution < -0.4 is 73.3 Å². The molecule has 0 unspecified atom stereocenters. The first-order chi connectivity index (χ1) is 18.7. The van der Waals surface area contributed by atoms with E-state index >= 15 is 0 Å². The fourth-order valence-electron chi connectivity index (χ4n) is 1.88. The Hall–Kier alpha value is -1.04. The minimum absolute atomic E-state index is 0. The third-order valence-corrected chi connectivity index (χ3v) is 4.74. The third kappa shape index (κ3) is 27.8. The molecule has 0 fully saturated rings. The maximum Gasteiger partial charge on any atom is 1.00 e. The molecule has 1 heterocycles. The molecule has 3 aromatic rings. The number of aromatic amines is 1. The molecule has 0 amide bonds. The van der Waals surface area contributed by atoms with Gasteiger partial charge in [-0.15, -0.1) is 12.0 Å². The van der Waals surface area contributed by atoms with Gasteiger partial charge in [-0.25, -0.2) is 4.79 Å². The van der Waals surface area contributed by atoms with Crippen molar-refractivity contribution >= 4 is 58.1 Å². The summed E-state index contributed by atoms with van der Waals surface area (Å²) in [4.78, 5) is 20.8. The van der Waals surface area contributed by atoms with Gasteiger partial charge in [0.2, 0.25) is 0 Å². The Bertz CT molecular complexity index is 1270. The predicted molar refractivity (Wildman–Crippen MR) is 168 cm³/mol. The molecule has 0 radical (unpaired) electrons. The fraction of sp³-hybridized carbons (Fsp3) is 0.357. The summed E-state index contributed by atoms with van der Waals surface area (Å²) in [5.41, 5.74) is 2.56. The normalized spacial score (nSPS) is 9.74. The molecule has 2 aromatic carbocycles. The summed E-state index contributed by atoms with van der Waals surface area (Å²) >= 11 is 22.9. The number of hydrazine groups is 1. The number of ether oxygens (including phenoxy) is 1. The van der Waals surface area contributed by atoms with E-state index in [1.165, 1.54) is 6.07 Å². The molecule has 0 saturated heterocycles. The smallest absolute Gasteiger partial charge is 0.850 e. The van der Waals surface area contributed by atoms with Crippen molar-refractivity contribution in [1.29, 1.82) is 0 Å². The van der Waals surface area contributed by atoms with Gasteiger partial charge in [0, 0.05) is 18.2 Å². The molecular weight excluding hydrogens is 653 g/mol. The Morgan fingerprint density at radius 2 is 1.48 bits per heavy atom. The zero-order valence-electron chi connectivity index (χ0n) is 25.0. The summed E-state index contributed by atoms with van der Waals surface area (Å²) in [5.74, 6) is 6.33. The molecule has 0 aliphatic rings. The Kier molecular flexibility index (Phi) is 25.2. The van der Waals surface area contributed by atoms with E-state index in [2.05, 4.69) is 21.7 Å². The van der Waals surface area contributed by atoms with E-state index in [4.69, 9.17) is 57.4 Å². The van der Waals surface area contributed by atoms with E-state index < -0.39 is 17.2 Å². The third-order valence-electron chi connectivity index (χ3n) is 3.27. The van der Waals surface area contributed by atoms with Crippen LogP contribution in [0.5, 0.6) is 0 Å². The van der Waals surface area contributed by atoms with Gasteiger partial charge in [0.1, 0.15) is 0 Å². The van der Waals surface area contributed by atoms with Gasteiger partial charge in [0.15, 0.2) is 0 Å². The van der Waals surface area contributed by atoms with Crippen LogP contribution in [0.2, 0.25) is 20.1 Å². The van der Waals surface area contributed by atoms with E-state index in [0.29, 0.717) is 26.7 Å². The monoisotopic (exact) mass is 688 g/mol. The molecule has 1 aromatic heterocycles. The minimum Gasteiger partial charge on any atom is -0.850 e. The molecular formula is C28H37Cl4KN4O5. The van der Waals surface area contributed by atoms with Gasteiger partial charge < -0.3 is 20.4 Å². The number of hydrogen-bond donors (Lipinski definition) is 4.